The van der Waals surface area contributed by atoms with E-state index in [1.165, 1.54) is 7.11 Å². The summed E-state index contributed by atoms with van der Waals surface area (Å²) in [6.07, 6.45) is 3.43. The first kappa shape index (κ1) is 12.8. The summed E-state index contributed by atoms with van der Waals surface area (Å²) in [6.45, 7) is 2.16. The highest BCUT2D eigenvalue weighted by Gasteiger charge is 2.50. The largest absolute Gasteiger partial charge is 0.468 e. The van der Waals surface area contributed by atoms with E-state index >= 15 is 0 Å². The fourth-order valence-corrected chi connectivity index (χ4v) is 3.11. The molecule has 0 amide bonds. The van der Waals surface area contributed by atoms with E-state index in [2.05, 4.69) is 12.2 Å². The van der Waals surface area contributed by atoms with E-state index in [-0.39, 0.29) is 5.97 Å². The van der Waals surface area contributed by atoms with Gasteiger partial charge in [0.2, 0.25) is 0 Å². The molecule has 1 unspecified atom stereocenters. The Hall–Kier alpha value is -0.220. The van der Waals surface area contributed by atoms with Crippen LogP contribution >= 0.6 is 11.8 Å². The van der Waals surface area contributed by atoms with E-state index in [0.29, 0.717) is 5.92 Å². The number of methoxy groups -OCH3 is 1. The van der Waals surface area contributed by atoms with Crippen LogP contribution in [0.1, 0.15) is 26.2 Å². The number of ether oxygens (including phenoxy) is 1. The molecule has 0 spiro atoms. The predicted octanol–water partition coefficient (Wildman–Crippen LogP) is 1.67. The second-order valence-electron chi connectivity index (χ2n) is 4.04. The zero-order chi connectivity index (χ0) is 11.3. The molecule has 1 fully saturated rings. The molecule has 0 aromatic heterocycles. The van der Waals surface area contributed by atoms with Crippen molar-refractivity contribution in [3.63, 3.8) is 0 Å². The molecule has 1 aliphatic rings. The van der Waals surface area contributed by atoms with Crippen molar-refractivity contribution in [2.24, 2.45) is 5.92 Å². The van der Waals surface area contributed by atoms with Crippen LogP contribution in [0.5, 0.6) is 0 Å². The van der Waals surface area contributed by atoms with Gasteiger partial charge in [0, 0.05) is 5.75 Å². The van der Waals surface area contributed by atoms with Crippen molar-refractivity contribution in [1.29, 1.82) is 0 Å². The summed E-state index contributed by atoms with van der Waals surface area (Å²) in [6, 6.07) is 0. The smallest absolute Gasteiger partial charge is 0.327 e. The summed E-state index contributed by atoms with van der Waals surface area (Å²) < 4.78 is 4.92. The van der Waals surface area contributed by atoms with Gasteiger partial charge in [-0.1, -0.05) is 6.92 Å². The summed E-state index contributed by atoms with van der Waals surface area (Å²) in [5.41, 5.74) is -0.436. The van der Waals surface area contributed by atoms with Gasteiger partial charge >= 0.3 is 5.97 Å². The SMILES string of the molecule is CCCSCC(NC)(C(=O)OC)C1CC1. The molecule has 88 valence electrons. The van der Waals surface area contributed by atoms with E-state index in [1.54, 1.807) is 0 Å². The molecular formula is C11H21NO2S. The third-order valence-electron chi connectivity index (χ3n) is 2.95. The van der Waals surface area contributed by atoms with Gasteiger partial charge in [-0.05, 0) is 38.0 Å². The van der Waals surface area contributed by atoms with Crippen LogP contribution in [-0.4, -0.2) is 37.2 Å². The van der Waals surface area contributed by atoms with Crippen LogP contribution < -0.4 is 5.32 Å². The van der Waals surface area contributed by atoms with Gasteiger partial charge in [-0.2, -0.15) is 11.8 Å². The number of likely N-dealkylation sites (N-methyl/N-ethyl adjacent to an activating group) is 1. The van der Waals surface area contributed by atoms with Gasteiger partial charge in [-0.15, -0.1) is 0 Å². The molecule has 1 saturated carbocycles. The van der Waals surface area contributed by atoms with Crippen molar-refractivity contribution in [3.05, 3.63) is 0 Å². The lowest BCUT2D eigenvalue weighted by Crippen LogP contribution is -2.55. The summed E-state index contributed by atoms with van der Waals surface area (Å²) in [5, 5.41) is 3.19. The number of esters is 1. The van der Waals surface area contributed by atoms with Gasteiger partial charge < -0.3 is 10.1 Å². The Balaban J connectivity index is 2.61. The topological polar surface area (TPSA) is 38.3 Å². The molecule has 0 aromatic rings. The molecule has 1 rings (SSSR count). The van der Waals surface area contributed by atoms with Gasteiger partial charge in [-0.3, -0.25) is 4.79 Å². The number of carbonyl (C=O) groups excluding carboxylic acids is 1. The Bertz CT molecular complexity index is 219. The fourth-order valence-electron chi connectivity index (χ4n) is 1.86. The van der Waals surface area contributed by atoms with E-state index in [4.69, 9.17) is 4.74 Å². The normalized spacial score (nSPS) is 19.7. The molecule has 15 heavy (non-hydrogen) atoms. The predicted molar refractivity (Wildman–Crippen MR) is 64.1 cm³/mol. The van der Waals surface area contributed by atoms with Crippen LogP contribution in [-0.2, 0) is 9.53 Å². The van der Waals surface area contributed by atoms with Crippen molar-refractivity contribution in [2.45, 2.75) is 31.7 Å². The minimum absolute atomic E-state index is 0.101. The maximum absolute atomic E-state index is 11.8. The molecule has 4 heteroatoms. The molecule has 0 saturated heterocycles. The Labute approximate surface area is 96.3 Å². The molecule has 0 radical (unpaired) electrons. The monoisotopic (exact) mass is 231 g/mol. The minimum Gasteiger partial charge on any atom is -0.468 e. The first-order valence-corrected chi connectivity index (χ1v) is 6.71. The first-order chi connectivity index (χ1) is 7.21. The Morgan fingerprint density at radius 2 is 2.27 bits per heavy atom. The number of carbonyl (C=O) groups is 1. The summed E-state index contributed by atoms with van der Waals surface area (Å²) in [4.78, 5) is 11.8. The number of hydrogen-bond acceptors (Lipinski definition) is 4. The van der Waals surface area contributed by atoms with E-state index in [9.17, 15) is 4.79 Å². The summed E-state index contributed by atoms with van der Waals surface area (Å²) in [7, 11) is 3.34. The Morgan fingerprint density at radius 1 is 1.60 bits per heavy atom. The lowest BCUT2D eigenvalue weighted by Gasteiger charge is -2.30. The van der Waals surface area contributed by atoms with Crippen molar-refractivity contribution < 1.29 is 9.53 Å². The Kier molecular flexibility index (Phi) is 4.93. The average Bonchev–Trinajstić information content (AvgIpc) is 3.08. The number of nitrogens with one attached hydrogen (secondary N) is 1. The lowest BCUT2D eigenvalue weighted by molar-refractivity contribution is -0.148. The molecule has 1 N–H and O–H groups in total. The maximum atomic E-state index is 11.8. The first-order valence-electron chi connectivity index (χ1n) is 5.56. The second-order valence-corrected chi connectivity index (χ2v) is 5.14. The van der Waals surface area contributed by atoms with Gasteiger partial charge in [0.25, 0.3) is 0 Å². The third kappa shape index (κ3) is 2.88. The van der Waals surface area contributed by atoms with Gasteiger partial charge in [-0.25, -0.2) is 0 Å². The zero-order valence-corrected chi connectivity index (χ0v) is 10.7. The van der Waals surface area contributed by atoms with E-state index < -0.39 is 5.54 Å². The van der Waals surface area contributed by atoms with Crippen molar-refractivity contribution >= 4 is 17.7 Å². The molecule has 0 aliphatic heterocycles. The highest BCUT2D eigenvalue weighted by molar-refractivity contribution is 7.99. The van der Waals surface area contributed by atoms with Crippen LogP contribution in [0.15, 0.2) is 0 Å². The van der Waals surface area contributed by atoms with Crippen LogP contribution in [0.2, 0.25) is 0 Å². The fraction of sp³-hybridized carbons (Fsp3) is 0.909. The molecule has 0 heterocycles. The second kappa shape index (κ2) is 5.75. The van der Waals surface area contributed by atoms with Gasteiger partial charge in [0.15, 0.2) is 0 Å². The molecular weight excluding hydrogens is 210 g/mol. The highest BCUT2D eigenvalue weighted by Crippen LogP contribution is 2.42. The highest BCUT2D eigenvalue weighted by atomic mass is 32.2. The summed E-state index contributed by atoms with van der Waals surface area (Å²) >= 11 is 1.83. The van der Waals surface area contributed by atoms with E-state index in [1.807, 2.05) is 18.8 Å². The number of rotatable bonds is 7. The van der Waals surface area contributed by atoms with E-state index in [0.717, 1.165) is 30.8 Å². The number of thioether (sulfide) groups is 1. The molecule has 0 aromatic carbocycles. The van der Waals surface area contributed by atoms with Crippen LogP contribution in [0.25, 0.3) is 0 Å². The van der Waals surface area contributed by atoms with Crippen LogP contribution in [0, 0.1) is 5.92 Å². The standard InChI is InChI=1S/C11H21NO2S/c1-4-7-15-8-11(12-2,9-5-6-9)10(13)14-3/h9,12H,4-8H2,1-3H3. The van der Waals surface area contributed by atoms with Crippen molar-refractivity contribution in [1.82, 2.24) is 5.32 Å². The third-order valence-corrected chi connectivity index (χ3v) is 4.30. The van der Waals surface area contributed by atoms with Crippen LogP contribution in [0.4, 0.5) is 0 Å². The van der Waals surface area contributed by atoms with Crippen molar-refractivity contribution in [2.75, 3.05) is 25.7 Å². The molecule has 0 bridgehead atoms. The van der Waals surface area contributed by atoms with Gasteiger partial charge in [0.1, 0.15) is 5.54 Å². The lowest BCUT2D eigenvalue weighted by atomic mass is 9.96. The van der Waals surface area contributed by atoms with Gasteiger partial charge in [0.05, 0.1) is 7.11 Å². The molecule has 3 nitrogen and oxygen atoms in total. The van der Waals surface area contributed by atoms with Crippen molar-refractivity contribution in [3.8, 4) is 0 Å². The molecule has 1 atom stereocenters. The summed E-state index contributed by atoms with van der Waals surface area (Å²) in [5.74, 6) is 2.30. The quantitative estimate of drug-likeness (QED) is 0.534. The number of hydrogen-bond donors (Lipinski definition) is 1. The maximum Gasteiger partial charge on any atom is 0.327 e. The molecule has 1 aliphatic carbocycles. The zero-order valence-electron chi connectivity index (χ0n) is 9.84. The Morgan fingerprint density at radius 3 is 2.67 bits per heavy atom. The average molecular weight is 231 g/mol. The van der Waals surface area contributed by atoms with Crippen LogP contribution in [0.3, 0.4) is 0 Å². The minimum atomic E-state index is -0.436.